The first-order valence-corrected chi connectivity index (χ1v) is 7.58. The molecule has 0 radical (unpaired) electrons. The van der Waals surface area contributed by atoms with Gasteiger partial charge in [-0.25, -0.2) is 0 Å². The molecular weight excluding hydrogens is 256 g/mol. The minimum atomic E-state index is 0. The molecular formula is C12H23ClN2OS. The molecule has 0 spiro atoms. The quantitative estimate of drug-likeness (QED) is 0.822. The second kappa shape index (κ2) is 8.22. The third kappa shape index (κ3) is 5.06. The molecule has 2 aliphatic heterocycles. The van der Waals surface area contributed by atoms with Crippen molar-refractivity contribution in [1.82, 2.24) is 10.6 Å². The predicted octanol–water partition coefficient (Wildman–Crippen LogP) is 1.67. The van der Waals surface area contributed by atoms with Crippen LogP contribution in [0.5, 0.6) is 0 Å². The zero-order chi connectivity index (χ0) is 11.2. The molecule has 1 unspecified atom stereocenters. The van der Waals surface area contributed by atoms with Crippen LogP contribution >= 0.6 is 24.2 Å². The van der Waals surface area contributed by atoms with Crippen LogP contribution in [0.4, 0.5) is 0 Å². The van der Waals surface area contributed by atoms with E-state index in [9.17, 15) is 4.79 Å². The highest BCUT2D eigenvalue weighted by atomic mass is 35.5. The standard InChI is InChI=1S/C12H22N2OS.ClH/c15-12(11-3-7-16-8-4-11)14-6-2-10-1-5-13-9-10;/h10-11,13H,1-9H2,(H,14,15);1H. The lowest BCUT2D eigenvalue weighted by molar-refractivity contribution is -0.125. The molecule has 1 atom stereocenters. The van der Waals surface area contributed by atoms with Crippen LogP contribution in [-0.2, 0) is 4.79 Å². The molecule has 0 aromatic heterocycles. The van der Waals surface area contributed by atoms with Crippen LogP contribution in [0.1, 0.15) is 25.7 Å². The van der Waals surface area contributed by atoms with Gasteiger partial charge in [-0.1, -0.05) is 0 Å². The van der Waals surface area contributed by atoms with Crippen molar-refractivity contribution in [2.75, 3.05) is 31.1 Å². The maximum absolute atomic E-state index is 11.8. The normalized spacial score (nSPS) is 25.3. The van der Waals surface area contributed by atoms with Crippen molar-refractivity contribution < 1.29 is 4.79 Å². The Bertz CT molecular complexity index is 229. The first-order chi connectivity index (χ1) is 7.86. The molecule has 100 valence electrons. The Kier molecular flexibility index (Phi) is 7.32. The molecule has 2 fully saturated rings. The molecule has 5 heteroatoms. The van der Waals surface area contributed by atoms with Crippen LogP contribution in [0.3, 0.4) is 0 Å². The smallest absolute Gasteiger partial charge is 0.223 e. The van der Waals surface area contributed by atoms with Crippen molar-refractivity contribution in [1.29, 1.82) is 0 Å². The summed E-state index contributed by atoms with van der Waals surface area (Å²) < 4.78 is 0. The molecule has 0 aliphatic carbocycles. The fraction of sp³-hybridized carbons (Fsp3) is 0.917. The summed E-state index contributed by atoms with van der Waals surface area (Å²) in [5, 5.41) is 6.46. The van der Waals surface area contributed by atoms with Gasteiger partial charge < -0.3 is 10.6 Å². The van der Waals surface area contributed by atoms with Crippen molar-refractivity contribution in [3.63, 3.8) is 0 Å². The Morgan fingerprint density at radius 2 is 2.06 bits per heavy atom. The highest BCUT2D eigenvalue weighted by molar-refractivity contribution is 7.99. The maximum Gasteiger partial charge on any atom is 0.223 e. The molecule has 0 saturated carbocycles. The van der Waals surface area contributed by atoms with Gasteiger partial charge in [0.05, 0.1) is 0 Å². The van der Waals surface area contributed by atoms with E-state index < -0.39 is 0 Å². The number of nitrogens with one attached hydrogen (secondary N) is 2. The van der Waals surface area contributed by atoms with E-state index in [1.807, 2.05) is 11.8 Å². The van der Waals surface area contributed by atoms with Gasteiger partial charge in [-0.05, 0) is 56.2 Å². The maximum atomic E-state index is 11.8. The molecule has 17 heavy (non-hydrogen) atoms. The van der Waals surface area contributed by atoms with Crippen LogP contribution in [0, 0.1) is 11.8 Å². The van der Waals surface area contributed by atoms with Gasteiger partial charge in [-0.15, -0.1) is 12.4 Å². The average molecular weight is 279 g/mol. The lowest BCUT2D eigenvalue weighted by atomic mass is 10.0. The Balaban J connectivity index is 0.00000144. The number of halogens is 1. The van der Waals surface area contributed by atoms with E-state index in [1.54, 1.807) is 0 Å². The Hall–Kier alpha value is 0.0700. The fourth-order valence-corrected chi connectivity index (χ4v) is 3.57. The van der Waals surface area contributed by atoms with Crippen LogP contribution in [-0.4, -0.2) is 37.0 Å². The fourth-order valence-electron chi connectivity index (χ4n) is 2.46. The summed E-state index contributed by atoms with van der Waals surface area (Å²) >= 11 is 1.97. The molecule has 1 amide bonds. The first-order valence-electron chi connectivity index (χ1n) is 6.42. The molecule has 2 heterocycles. The van der Waals surface area contributed by atoms with Gasteiger partial charge >= 0.3 is 0 Å². The van der Waals surface area contributed by atoms with E-state index in [4.69, 9.17) is 0 Å². The summed E-state index contributed by atoms with van der Waals surface area (Å²) in [5.41, 5.74) is 0. The number of carbonyl (C=O) groups is 1. The van der Waals surface area contributed by atoms with E-state index in [0.29, 0.717) is 11.8 Å². The topological polar surface area (TPSA) is 41.1 Å². The van der Waals surface area contributed by atoms with E-state index in [1.165, 1.54) is 6.42 Å². The van der Waals surface area contributed by atoms with Gasteiger partial charge in [0.1, 0.15) is 0 Å². The SMILES string of the molecule is Cl.O=C(NCCC1CCNC1)C1CCSCC1. The van der Waals surface area contributed by atoms with Crippen molar-refractivity contribution in [2.24, 2.45) is 11.8 Å². The van der Waals surface area contributed by atoms with Crippen LogP contribution in [0.25, 0.3) is 0 Å². The molecule has 2 saturated heterocycles. The molecule has 2 rings (SSSR count). The third-order valence-electron chi connectivity index (χ3n) is 3.61. The number of rotatable bonds is 4. The third-order valence-corrected chi connectivity index (χ3v) is 4.66. The number of amides is 1. The van der Waals surface area contributed by atoms with Gasteiger partial charge in [0.15, 0.2) is 0 Å². The summed E-state index contributed by atoms with van der Waals surface area (Å²) in [6.45, 7) is 3.16. The van der Waals surface area contributed by atoms with Gasteiger partial charge in [0.25, 0.3) is 0 Å². The molecule has 0 bridgehead atoms. The number of thioether (sulfide) groups is 1. The highest BCUT2D eigenvalue weighted by Crippen LogP contribution is 2.22. The summed E-state index contributed by atoms with van der Waals surface area (Å²) in [6, 6.07) is 0. The molecule has 3 nitrogen and oxygen atoms in total. The number of hydrogen-bond acceptors (Lipinski definition) is 3. The molecule has 0 aromatic rings. The van der Waals surface area contributed by atoms with Crippen LogP contribution < -0.4 is 10.6 Å². The lowest BCUT2D eigenvalue weighted by Crippen LogP contribution is -2.34. The van der Waals surface area contributed by atoms with Gasteiger partial charge in [-0.2, -0.15) is 11.8 Å². The Morgan fingerprint density at radius 3 is 2.71 bits per heavy atom. The summed E-state index contributed by atoms with van der Waals surface area (Å²) in [7, 11) is 0. The lowest BCUT2D eigenvalue weighted by Gasteiger charge is -2.20. The highest BCUT2D eigenvalue weighted by Gasteiger charge is 2.21. The van der Waals surface area contributed by atoms with Gasteiger partial charge in [0, 0.05) is 12.5 Å². The Labute approximate surface area is 114 Å². The summed E-state index contributed by atoms with van der Waals surface area (Å²) in [4.78, 5) is 11.8. The van der Waals surface area contributed by atoms with Crippen molar-refractivity contribution in [2.45, 2.75) is 25.7 Å². The van der Waals surface area contributed by atoms with Gasteiger partial charge in [-0.3, -0.25) is 4.79 Å². The zero-order valence-corrected chi connectivity index (χ0v) is 11.9. The second-order valence-electron chi connectivity index (χ2n) is 4.83. The largest absolute Gasteiger partial charge is 0.356 e. The van der Waals surface area contributed by atoms with Crippen molar-refractivity contribution in [3.8, 4) is 0 Å². The number of hydrogen-bond donors (Lipinski definition) is 2. The zero-order valence-electron chi connectivity index (χ0n) is 10.2. The van der Waals surface area contributed by atoms with Gasteiger partial charge in [0.2, 0.25) is 5.91 Å². The number of carbonyl (C=O) groups excluding carboxylic acids is 1. The van der Waals surface area contributed by atoms with Crippen molar-refractivity contribution >= 4 is 30.1 Å². The summed E-state index contributed by atoms with van der Waals surface area (Å²) in [5.74, 6) is 3.69. The predicted molar refractivity (Wildman–Crippen MR) is 75.9 cm³/mol. The Morgan fingerprint density at radius 1 is 1.29 bits per heavy atom. The van der Waals surface area contributed by atoms with E-state index >= 15 is 0 Å². The van der Waals surface area contributed by atoms with Crippen LogP contribution in [0.15, 0.2) is 0 Å². The van der Waals surface area contributed by atoms with Crippen LogP contribution in [0.2, 0.25) is 0 Å². The average Bonchev–Trinajstić information content (AvgIpc) is 2.83. The molecule has 0 aromatic carbocycles. The molecule has 2 aliphatic rings. The second-order valence-corrected chi connectivity index (χ2v) is 6.05. The monoisotopic (exact) mass is 278 g/mol. The minimum Gasteiger partial charge on any atom is -0.356 e. The molecule has 2 N–H and O–H groups in total. The minimum absolute atomic E-state index is 0. The van der Waals surface area contributed by atoms with Crippen molar-refractivity contribution in [3.05, 3.63) is 0 Å². The summed E-state index contributed by atoms with van der Waals surface area (Å²) in [6.07, 6.45) is 4.55. The van der Waals surface area contributed by atoms with E-state index in [2.05, 4.69) is 10.6 Å². The first kappa shape index (κ1) is 15.1. The van der Waals surface area contributed by atoms with E-state index in [0.717, 1.165) is 56.3 Å². The van der Waals surface area contributed by atoms with E-state index in [-0.39, 0.29) is 12.4 Å².